The third-order valence-corrected chi connectivity index (χ3v) is 3.53. The molecule has 20 heavy (non-hydrogen) atoms. The first-order valence-corrected chi connectivity index (χ1v) is 6.91. The maximum atomic E-state index is 13.8. The molecule has 2 rings (SSSR count). The first-order chi connectivity index (χ1) is 9.55. The fourth-order valence-corrected chi connectivity index (χ4v) is 2.80. The average Bonchev–Trinajstić information content (AvgIpc) is 2.38. The standard InChI is InChI=1S/C15H16BrFN2O/c1-9-5-11(7-12(16)6-9)15(19-18)10-3-4-14(20-2)13(17)8-10/h3-8,15,19H,18H2,1-2H3. The van der Waals surface area contributed by atoms with Crippen molar-refractivity contribution in [1.82, 2.24) is 5.43 Å². The van der Waals surface area contributed by atoms with Crippen LogP contribution in [0.15, 0.2) is 40.9 Å². The quantitative estimate of drug-likeness (QED) is 0.663. The molecule has 2 aromatic rings. The number of methoxy groups -OCH3 is 1. The zero-order valence-corrected chi connectivity index (χ0v) is 12.9. The zero-order valence-electron chi connectivity index (χ0n) is 11.3. The Balaban J connectivity index is 2.44. The molecule has 3 nitrogen and oxygen atoms in total. The summed E-state index contributed by atoms with van der Waals surface area (Å²) in [6, 6.07) is 10.5. The number of rotatable bonds is 4. The molecule has 2 aromatic carbocycles. The Morgan fingerprint density at radius 1 is 1.20 bits per heavy atom. The van der Waals surface area contributed by atoms with E-state index < -0.39 is 5.82 Å². The van der Waals surface area contributed by atoms with Crippen molar-refractivity contribution in [2.24, 2.45) is 5.84 Å². The van der Waals surface area contributed by atoms with E-state index in [1.54, 1.807) is 12.1 Å². The van der Waals surface area contributed by atoms with Gasteiger partial charge in [0.05, 0.1) is 13.2 Å². The van der Waals surface area contributed by atoms with E-state index in [1.807, 2.05) is 25.1 Å². The van der Waals surface area contributed by atoms with E-state index in [1.165, 1.54) is 13.2 Å². The van der Waals surface area contributed by atoms with Crippen molar-refractivity contribution in [3.63, 3.8) is 0 Å². The van der Waals surface area contributed by atoms with Crippen LogP contribution in [0, 0.1) is 12.7 Å². The zero-order chi connectivity index (χ0) is 14.7. The van der Waals surface area contributed by atoms with Gasteiger partial charge in [-0.3, -0.25) is 5.84 Å². The summed E-state index contributed by atoms with van der Waals surface area (Å²) in [5.74, 6) is 5.45. The lowest BCUT2D eigenvalue weighted by Gasteiger charge is -2.18. The van der Waals surface area contributed by atoms with Crippen LogP contribution in [0.2, 0.25) is 0 Å². The van der Waals surface area contributed by atoms with Crippen LogP contribution in [0.5, 0.6) is 5.75 Å². The molecule has 1 atom stereocenters. The second kappa shape index (κ2) is 6.35. The second-order valence-corrected chi connectivity index (χ2v) is 5.47. The van der Waals surface area contributed by atoms with Crippen LogP contribution in [-0.4, -0.2) is 7.11 Å². The van der Waals surface area contributed by atoms with Gasteiger partial charge in [0, 0.05) is 4.47 Å². The minimum atomic E-state index is -0.406. The van der Waals surface area contributed by atoms with Gasteiger partial charge in [0.15, 0.2) is 11.6 Å². The Morgan fingerprint density at radius 3 is 2.50 bits per heavy atom. The van der Waals surface area contributed by atoms with Crippen LogP contribution in [0.4, 0.5) is 4.39 Å². The van der Waals surface area contributed by atoms with E-state index >= 15 is 0 Å². The molecule has 3 N–H and O–H groups in total. The van der Waals surface area contributed by atoms with Gasteiger partial charge in [-0.1, -0.05) is 28.1 Å². The molecule has 0 aliphatic rings. The topological polar surface area (TPSA) is 47.3 Å². The lowest BCUT2D eigenvalue weighted by atomic mass is 9.97. The lowest BCUT2D eigenvalue weighted by Crippen LogP contribution is -2.29. The SMILES string of the molecule is COc1ccc(C(NN)c2cc(C)cc(Br)c2)cc1F. The molecule has 0 heterocycles. The Labute approximate surface area is 126 Å². The molecule has 0 amide bonds. The smallest absolute Gasteiger partial charge is 0.165 e. The fraction of sp³-hybridized carbons (Fsp3) is 0.200. The Hall–Kier alpha value is -1.43. The molecule has 0 saturated heterocycles. The van der Waals surface area contributed by atoms with Crippen molar-refractivity contribution >= 4 is 15.9 Å². The van der Waals surface area contributed by atoms with Crippen molar-refractivity contribution in [2.45, 2.75) is 13.0 Å². The minimum absolute atomic E-state index is 0.218. The predicted octanol–water partition coefficient (Wildman–Crippen LogP) is 3.46. The number of hydrogen-bond donors (Lipinski definition) is 2. The fourth-order valence-electron chi connectivity index (χ4n) is 2.18. The summed E-state index contributed by atoms with van der Waals surface area (Å²) in [6.45, 7) is 2.00. The molecule has 0 aromatic heterocycles. The highest BCUT2D eigenvalue weighted by molar-refractivity contribution is 9.10. The van der Waals surface area contributed by atoms with Crippen molar-refractivity contribution in [3.05, 3.63) is 63.4 Å². The summed E-state index contributed by atoms with van der Waals surface area (Å²) in [4.78, 5) is 0. The maximum Gasteiger partial charge on any atom is 0.165 e. The highest BCUT2D eigenvalue weighted by atomic mass is 79.9. The predicted molar refractivity (Wildman–Crippen MR) is 81.0 cm³/mol. The van der Waals surface area contributed by atoms with Gasteiger partial charge in [0.25, 0.3) is 0 Å². The average molecular weight is 339 g/mol. The third kappa shape index (κ3) is 3.17. The monoisotopic (exact) mass is 338 g/mol. The molecule has 1 unspecified atom stereocenters. The number of ether oxygens (including phenoxy) is 1. The van der Waals surface area contributed by atoms with Gasteiger partial charge in [0.1, 0.15) is 0 Å². The highest BCUT2D eigenvalue weighted by Gasteiger charge is 2.15. The van der Waals surface area contributed by atoms with E-state index in [-0.39, 0.29) is 11.8 Å². The van der Waals surface area contributed by atoms with Gasteiger partial charge < -0.3 is 4.74 Å². The number of nitrogens with two attached hydrogens (primary N) is 1. The van der Waals surface area contributed by atoms with Crippen LogP contribution < -0.4 is 16.0 Å². The first-order valence-electron chi connectivity index (χ1n) is 6.12. The van der Waals surface area contributed by atoms with E-state index in [2.05, 4.69) is 21.4 Å². The van der Waals surface area contributed by atoms with Crippen LogP contribution in [0.3, 0.4) is 0 Å². The van der Waals surface area contributed by atoms with E-state index in [0.717, 1.165) is 21.2 Å². The number of hydrazine groups is 1. The van der Waals surface area contributed by atoms with E-state index in [0.29, 0.717) is 0 Å². The molecule has 0 saturated carbocycles. The molecule has 0 radical (unpaired) electrons. The molecular weight excluding hydrogens is 323 g/mol. The van der Waals surface area contributed by atoms with Gasteiger partial charge >= 0.3 is 0 Å². The normalized spacial score (nSPS) is 12.2. The Kier molecular flexibility index (Phi) is 4.75. The third-order valence-electron chi connectivity index (χ3n) is 3.07. The van der Waals surface area contributed by atoms with Gasteiger partial charge in [-0.2, -0.15) is 0 Å². The van der Waals surface area contributed by atoms with Crippen LogP contribution in [0.1, 0.15) is 22.7 Å². The Bertz CT molecular complexity index is 599. The summed E-state index contributed by atoms with van der Waals surface area (Å²) < 4.78 is 19.7. The number of halogens is 2. The second-order valence-electron chi connectivity index (χ2n) is 4.56. The first kappa shape index (κ1) is 15.0. The van der Waals surface area contributed by atoms with Crippen LogP contribution >= 0.6 is 15.9 Å². The molecule has 0 fully saturated rings. The lowest BCUT2D eigenvalue weighted by molar-refractivity contribution is 0.385. The van der Waals surface area contributed by atoms with Crippen LogP contribution in [-0.2, 0) is 0 Å². The maximum absolute atomic E-state index is 13.8. The molecule has 0 spiro atoms. The molecule has 106 valence electrons. The van der Waals surface area contributed by atoms with E-state index in [9.17, 15) is 4.39 Å². The summed E-state index contributed by atoms with van der Waals surface area (Å²) in [5.41, 5.74) is 5.53. The van der Waals surface area contributed by atoms with Gasteiger partial charge in [0.2, 0.25) is 0 Å². The van der Waals surface area contributed by atoms with Crippen molar-refractivity contribution < 1.29 is 9.13 Å². The summed E-state index contributed by atoms with van der Waals surface area (Å²) in [7, 11) is 1.44. The Morgan fingerprint density at radius 2 is 1.95 bits per heavy atom. The molecule has 0 bridgehead atoms. The largest absolute Gasteiger partial charge is 0.494 e. The van der Waals surface area contributed by atoms with Crippen LogP contribution in [0.25, 0.3) is 0 Å². The van der Waals surface area contributed by atoms with Crippen molar-refractivity contribution in [1.29, 1.82) is 0 Å². The van der Waals surface area contributed by atoms with Gasteiger partial charge in [-0.15, -0.1) is 0 Å². The number of benzene rings is 2. The molecule has 0 aliphatic carbocycles. The molecule has 0 aliphatic heterocycles. The highest BCUT2D eigenvalue weighted by Crippen LogP contribution is 2.28. The van der Waals surface area contributed by atoms with Crippen molar-refractivity contribution in [3.8, 4) is 5.75 Å². The summed E-state index contributed by atoms with van der Waals surface area (Å²) in [5, 5.41) is 0. The number of hydrogen-bond acceptors (Lipinski definition) is 3. The number of nitrogens with one attached hydrogen (secondary N) is 1. The molecule has 5 heteroatoms. The molecular formula is C15H16BrFN2O. The summed E-state index contributed by atoms with van der Waals surface area (Å²) in [6.07, 6.45) is 0. The number of aryl methyl sites for hydroxylation is 1. The minimum Gasteiger partial charge on any atom is -0.494 e. The van der Waals surface area contributed by atoms with Crippen molar-refractivity contribution in [2.75, 3.05) is 7.11 Å². The van der Waals surface area contributed by atoms with Gasteiger partial charge in [-0.25, -0.2) is 9.82 Å². The van der Waals surface area contributed by atoms with E-state index in [4.69, 9.17) is 10.6 Å². The summed E-state index contributed by atoms with van der Waals surface area (Å²) >= 11 is 3.46. The van der Waals surface area contributed by atoms with Gasteiger partial charge in [-0.05, 0) is 47.9 Å².